The van der Waals surface area contributed by atoms with E-state index in [-0.39, 0.29) is 11.7 Å². The lowest BCUT2D eigenvalue weighted by atomic mass is 9.82. The monoisotopic (exact) mass is 343 g/mol. The predicted molar refractivity (Wildman–Crippen MR) is 93.1 cm³/mol. The molecule has 4 rings (SSSR count). The van der Waals surface area contributed by atoms with Gasteiger partial charge in [0.25, 0.3) is 0 Å². The normalized spacial score (nSPS) is 22.6. The number of hydrogen-bond acceptors (Lipinski definition) is 4. The van der Waals surface area contributed by atoms with E-state index in [0.29, 0.717) is 42.5 Å². The van der Waals surface area contributed by atoms with Gasteiger partial charge in [0, 0.05) is 31.8 Å². The van der Waals surface area contributed by atoms with Crippen LogP contribution in [0.15, 0.2) is 18.2 Å². The Bertz CT molecular complexity index is 685. The van der Waals surface area contributed by atoms with Crippen molar-refractivity contribution in [3.63, 3.8) is 0 Å². The first-order valence-electron chi connectivity index (χ1n) is 9.29. The number of Topliss-reactive ketones (excluding diaryl/α,β-unsaturated/α-hetero) is 1. The van der Waals surface area contributed by atoms with Crippen LogP contribution in [0.1, 0.15) is 55.3 Å². The number of fused-ring (bicyclic) bond motifs is 1. The zero-order valence-electron chi connectivity index (χ0n) is 14.8. The highest BCUT2D eigenvalue weighted by Gasteiger charge is 2.44. The topological polar surface area (TPSA) is 55.8 Å². The molecule has 5 nitrogen and oxygen atoms in total. The minimum absolute atomic E-state index is 0.107. The highest BCUT2D eigenvalue weighted by molar-refractivity contribution is 6.00. The molecular weight excluding hydrogens is 318 g/mol. The second-order valence-corrected chi connectivity index (χ2v) is 7.55. The van der Waals surface area contributed by atoms with Crippen molar-refractivity contribution < 1.29 is 19.1 Å². The molecule has 0 atom stereocenters. The van der Waals surface area contributed by atoms with Gasteiger partial charge in [0.05, 0.1) is 19.1 Å². The molecule has 1 aliphatic carbocycles. The van der Waals surface area contributed by atoms with Crippen LogP contribution in [-0.2, 0) is 4.79 Å². The molecule has 1 aromatic carbocycles. The van der Waals surface area contributed by atoms with E-state index in [0.717, 1.165) is 25.7 Å². The van der Waals surface area contributed by atoms with E-state index in [1.54, 1.807) is 13.2 Å². The summed E-state index contributed by atoms with van der Waals surface area (Å²) in [6.07, 6.45) is 6.25. The Morgan fingerprint density at radius 1 is 1.24 bits per heavy atom. The number of carbonyl (C=O) groups excluding carboxylic acids is 2. The molecule has 5 heteroatoms. The van der Waals surface area contributed by atoms with E-state index >= 15 is 0 Å². The number of methoxy groups -OCH3 is 1. The number of hydrogen-bond donors (Lipinski definition) is 0. The van der Waals surface area contributed by atoms with Gasteiger partial charge >= 0.3 is 0 Å². The van der Waals surface area contributed by atoms with Crippen LogP contribution in [-0.4, -0.2) is 42.4 Å². The molecule has 1 aromatic rings. The van der Waals surface area contributed by atoms with E-state index in [9.17, 15) is 9.59 Å². The van der Waals surface area contributed by atoms with Crippen molar-refractivity contribution in [2.24, 2.45) is 5.92 Å². The summed E-state index contributed by atoms with van der Waals surface area (Å²) in [4.78, 5) is 27.2. The summed E-state index contributed by atoms with van der Waals surface area (Å²) in [5, 5.41) is 0. The number of ketones is 1. The Morgan fingerprint density at radius 3 is 2.64 bits per heavy atom. The van der Waals surface area contributed by atoms with Crippen molar-refractivity contribution in [1.82, 2.24) is 4.90 Å². The highest BCUT2D eigenvalue weighted by Crippen LogP contribution is 2.41. The number of benzene rings is 1. The van der Waals surface area contributed by atoms with E-state index in [1.807, 2.05) is 17.0 Å². The lowest BCUT2D eigenvalue weighted by Crippen LogP contribution is -2.53. The maximum atomic E-state index is 12.6. The van der Waals surface area contributed by atoms with Crippen LogP contribution >= 0.6 is 0 Å². The predicted octanol–water partition coefficient (Wildman–Crippen LogP) is 3.21. The summed E-state index contributed by atoms with van der Waals surface area (Å²) >= 11 is 0. The van der Waals surface area contributed by atoms with Gasteiger partial charge in [-0.05, 0) is 31.0 Å². The maximum absolute atomic E-state index is 12.6. The fraction of sp³-hybridized carbons (Fsp3) is 0.600. The van der Waals surface area contributed by atoms with Crippen LogP contribution in [0.3, 0.4) is 0 Å². The molecule has 0 aromatic heterocycles. The average Bonchev–Trinajstić information content (AvgIpc) is 3.16. The fourth-order valence-electron chi connectivity index (χ4n) is 4.44. The molecule has 1 saturated heterocycles. The van der Waals surface area contributed by atoms with Crippen molar-refractivity contribution in [3.05, 3.63) is 23.8 Å². The zero-order valence-corrected chi connectivity index (χ0v) is 14.8. The largest absolute Gasteiger partial charge is 0.497 e. The molecular formula is C20H25NO4. The number of piperidine rings is 1. The standard InChI is InChI=1S/C20H25NO4/c1-24-15-6-7-18-16(12-15)17(22)13-20(25-18)8-10-21(11-9-20)19(23)14-4-2-3-5-14/h6-7,12,14H,2-5,8-11,13H2,1H3. The molecule has 1 spiro atoms. The molecule has 2 heterocycles. The van der Waals surface area contributed by atoms with Gasteiger partial charge in [-0.25, -0.2) is 0 Å². The van der Waals surface area contributed by atoms with Crippen molar-refractivity contribution in [1.29, 1.82) is 0 Å². The smallest absolute Gasteiger partial charge is 0.225 e. The number of ether oxygens (including phenoxy) is 2. The van der Waals surface area contributed by atoms with Crippen molar-refractivity contribution in [3.8, 4) is 11.5 Å². The summed E-state index contributed by atoms with van der Waals surface area (Å²) in [6.45, 7) is 1.38. The summed E-state index contributed by atoms with van der Waals surface area (Å²) in [6, 6.07) is 5.40. The van der Waals surface area contributed by atoms with E-state index in [2.05, 4.69) is 0 Å². The minimum atomic E-state index is -0.453. The van der Waals surface area contributed by atoms with Gasteiger partial charge in [-0.1, -0.05) is 12.8 Å². The first-order chi connectivity index (χ1) is 12.1. The summed E-state index contributed by atoms with van der Waals surface area (Å²) in [5.74, 6) is 1.95. The lowest BCUT2D eigenvalue weighted by Gasteiger charge is -2.44. The number of rotatable bonds is 2. The van der Waals surface area contributed by atoms with Crippen LogP contribution in [0.2, 0.25) is 0 Å². The summed E-state index contributed by atoms with van der Waals surface area (Å²) in [5.41, 5.74) is 0.153. The molecule has 3 aliphatic rings. The Hall–Kier alpha value is -2.04. The lowest BCUT2D eigenvalue weighted by molar-refractivity contribution is -0.138. The third-order valence-electron chi connectivity index (χ3n) is 5.99. The molecule has 1 saturated carbocycles. The van der Waals surface area contributed by atoms with Crippen molar-refractivity contribution >= 4 is 11.7 Å². The Balaban J connectivity index is 1.46. The van der Waals surface area contributed by atoms with E-state index in [1.165, 1.54) is 12.8 Å². The third kappa shape index (κ3) is 3.00. The minimum Gasteiger partial charge on any atom is -0.497 e. The molecule has 134 valence electrons. The van der Waals surface area contributed by atoms with E-state index < -0.39 is 5.60 Å². The molecule has 1 amide bonds. The summed E-state index contributed by atoms with van der Waals surface area (Å²) < 4.78 is 11.5. The highest BCUT2D eigenvalue weighted by atomic mass is 16.5. The van der Waals surface area contributed by atoms with Gasteiger partial charge in [0.2, 0.25) is 5.91 Å². The maximum Gasteiger partial charge on any atom is 0.225 e. The van der Waals surface area contributed by atoms with Crippen LogP contribution in [0.5, 0.6) is 11.5 Å². The average molecular weight is 343 g/mol. The Labute approximate surface area is 148 Å². The van der Waals surface area contributed by atoms with Crippen LogP contribution in [0.4, 0.5) is 0 Å². The van der Waals surface area contributed by atoms with Crippen LogP contribution < -0.4 is 9.47 Å². The Kier molecular flexibility index (Phi) is 4.18. The van der Waals surface area contributed by atoms with Gasteiger partial charge in [-0.15, -0.1) is 0 Å². The molecule has 2 aliphatic heterocycles. The van der Waals surface area contributed by atoms with E-state index in [4.69, 9.17) is 9.47 Å². The number of likely N-dealkylation sites (tertiary alicyclic amines) is 1. The number of carbonyl (C=O) groups is 2. The Morgan fingerprint density at radius 2 is 1.96 bits per heavy atom. The number of nitrogens with zero attached hydrogens (tertiary/aromatic N) is 1. The van der Waals surface area contributed by atoms with Gasteiger partial charge in [-0.3, -0.25) is 9.59 Å². The zero-order chi connectivity index (χ0) is 17.4. The van der Waals surface area contributed by atoms with Crippen molar-refractivity contribution in [2.75, 3.05) is 20.2 Å². The second kappa shape index (κ2) is 6.36. The molecule has 2 fully saturated rings. The van der Waals surface area contributed by atoms with Crippen molar-refractivity contribution in [2.45, 2.75) is 50.5 Å². The first-order valence-corrected chi connectivity index (χ1v) is 9.29. The second-order valence-electron chi connectivity index (χ2n) is 7.55. The summed E-state index contributed by atoms with van der Waals surface area (Å²) in [7, 11) is 1.59. The molecule has 0 bridgehead atoms. The third-order valence-corrected chi connectivity index (χ3v) is 5.99. The fourth-order valence-corrected chi connectivity index (χ4v) is 4.44. The molecule has 0 radical (unpaired) electrons. The van der Waals surface area contributed by atoms with Gasteiger partial charge < -0.3 is 14.4 Å². The van der Waals surface area contributed by atoms with Crippen LogP contribution in [0, 0.1) is 5.92 Å². The SMILES string of the molecule is COc1ccc2c(c1)C(=O)CC1(CCN(C(=O)C3CCCC3)CC1)O2. The quantitative estimate of drug-likeness (QED) is 0.827. The van der Waals surface area contributed by atoms with Gasteiger partial charge in [0.15, 0.2) is 5.78 Å². The van der Waals surface area contributed by atoms with Crippen LogP contribution in [0.25, 0.3) is 0 Å². The van der Waals surface area contributed by atoms with Gasteiger partial charge in [0.1, 0.15) is 17.1 Å². The molecule has 0 unspecified atom stereocenters. The number of amides is 1. The molecule has 0 N–H and O–H groups in total. The van der Waals surface area contributed by atoms with Gasteiger partial charge in [-0.2, -0.15) is 0 Å². The molecule has 25 heavy (non-hydrogen) atoms. The first kappa shape index (κ1) is 16.4.